The van der Waals surface area contributed by atoms with Gasteiger partial charge in [0.15, 0.2) is 5.82 Å². The SMILES string of the molecule is Cc1nc(CN2CCC(Cn3cnc(C(C)(C)C)cc3=O)CC2)no1. The summed E-state index contributed by atoms with van der Waals surface area (Å²) in [6.45, 7) is 11.5. The van der Waals surface area contributed by atoms with Gasteiger partial charge in [-0.15, -0.1) is 0 Å². The van der Waals surface area contributed by atoms with E-state index in [4.69, 9.17) is 4.52 Å². The van der Waals surface area contributed by atoms with Crippen molar-refractivity contribution in [2.75, 3.05) is 13.1 Å². The van der Waals surface area contributed by atoms with Crippen LogP contribution in [-0.4, -0.2) is 37.7 Å². The molecule has 0 amide bonds. The molecule has 1 aliphatic rings. The fraction of sp³-hybridized carbons (Fsp3) is 0.667. The molecule has 25 heavy (non-hydrogen) atoms. The van der Waals surface area contributed by atoms with Crippen molar-refractivity contribution in [2.24, 2.45) is 5.92 Å². The Morgan fingerprint density at radius 3 is 2.56 bits per heavy atom. The normalized spacial score (nSPS) is 17.1. The molecule has 2 aromatic rings. The lowest BCUT2D eigenvalue weighted by atomic mass is 9.92. The summed E-state index contributed by atoms with van der Waals surface area (Å²) in [4.78, 5) is 23.4. The van der Waals surface area contributed by atoms with Crippen molar-refractivity contribution in [2.45, 2.75) is 59.0 Å². The van der Waals surface area contributed by atoms with Crippen LogP contribution in [-0.2, 0) is 18.5 Å². The number of hydrogen-bond acceptors (Lipinski definition) is 6. The summed E-state index contributed by atoms with van der Waals surface area (Å²) in [7, 11) is 0. The highest BCUT2D eigenvalue weighted by molar-refractivity contribution is 5.10. The van der Waals surface area contributed by atoms with Crippen LogP contribution < -0.4 is 5.56 Å². The van der Waals surface area contributed by atoms with Gasteiger partial charge in [-0.05, 0) is 31.8 Å². The molecule has 7 nitrogen and oxygen atoms in total. The minimum Gasteiger partial charge on any atom is -0.340 e. The van der Waals surface area contributed by atoms with Gasteiger partial charge in [0.1, 0.15) is 0 Å². The number of hydrogen-bond donors (Lipinski definition) is 0. The third-order valence-electron chi connectivity index (χ3n) is 4.74. The largest absolute Gasteiger partial charge is 0.340 e. The fourth-order valence-electron chi connectivity index (χ4n) is 3.18. The molecule has 1 fully saturated rings. The molecule has 0 saturated carbocycles. The van der Waals surface area contributed by atoms with E-state index in [2.05, 4.69) is 40.8 Å². The Bertz CT molecular complexity index is 766. The van der Waals surface area contributed by atoms with Crippen LogP contribution in [0.25, 0.3) is 0 Å². The molecular weight excluding hydrogens is 318 g/mol. The summed E-state index contributed by atoms with van der Waals surface area (Å²) in [5, 5.41) is 3.95. The van der Waals surface area contributed by atoms with Crippen molar-refractivity contribution in [1.29, 1.82) is 0 Å². The second-order valence-electron chi connectivity index (χ2n) is 7.96. The number of piperidine rings is 1. The molecule has 0 unspecified atom stereocenters. The molecule has 0 aromatic carbocycles. The van der Waals surface area contributed by atoms with Gasteiger partial charge in [-0.2, -0.15) is 4.98 Å². The Labute approximate surface area is 148 Å². The lowest BCUT2D eigenvalue weighted by Gasteiger charge is -2.31. The summed E-state index contributed by atoms with van der Waals surface area (Å²) >= 11 is 0. The van der Waals surface area contributed by atoms with Crippen LogP contribution in [0.5, 0.6) is 0 Å². The third kappa shape index (κ3) is 4.54. The van der Waals surface area contributed by atoms with E-state index < -0.39 is 0 Å². The van der Waals surface area contributed by atoms with Gasteiger partial charge < -0.3 is 4.52 Å². The molecule has 2 aromatic heterocycles. The van der Waals surface area contributed by atoms with Crippen molar-refractivity contribution in [3.8, 4) is 0 Å². The summed E-state index contributed by atoms with van der Waals surface area (Å²) in [6, 6.07) is 1.67. The zero-order valence-corrected chi connectivity index (χ0v) is 15.5. The lowest BCUT2D eigenvalue weighted by Crippen LogP contribution is -2.36. The first-order chi connectivity index (χ1) is 11.8. The molecule has 7 heteroatoms. The molecule has 0 N–H and O–H groups in total. The van der Waals surface area contributed by atoms with Crippen LogP contribution in [0.4, 0.5) is 0 Å². The molecule has 0 aliphatic carbocycles. The smallest absolute Gasteiger partial charge is 0.253 e. The van der Waals surface area contributed by atoms with Crippen LogP contribution in [0.3, 0.4) is 0 Å². The Balaban J connectivity index is 1.54. The first-order valence-electron chi connectivity index (χ1n) is 8.90. The van der Waals surface area contributed by atoms with Crippen LogP contribution >= 0.6 is 0 Å². The summed E-state index contributed by atoms with van der Waals surface area (Å²) in [6.07, 6.45) is 3.83. The Morgan fingerprint density at radius 1 is 1.28 bits per heavy atom. The average Bonchev–Trinajstić information content (AvgIpc) is 2.95. The van der Waals surface area contributed by atoms with Gasteiger partial charge in [-0.25, -0.2) is 4.98 Å². The van der Waals surface area contributed by atoms with E-state index in [1.54, 1.807) is 23.9 Å². The molecule has 0 atom stereocenters. The zero-order valence-electron chi connectivity index (χ0n) is 15.5. The van der Waals surface area contributed by atoms with E-state index in [1.165, 1.54) is 0 Å². The van der Waals surface area contributed by atoms with Gasteiger partial charge in [0.05, 0.1) is 18.6 Å². The number of aromatic nitrogens is 4. The highest BCUT2D eigenvalue weighted by atomic mass is 16.5. The first-order valence-corrected chi connectivity index (χ1v) is 8.90. The molecular formula is C18H27N5O2. The predicted molar refractivity (Wildman–Crippen MR) is 94.2 cm³/mol. The van der Waals surface area contributed by atoms with Gasteiger partial charge in [0.2, 0.25) is 5.89 Å². The molecule has 3 rings (SSSR count). The van der Waals surface area contributed by atoms with E-state index >= 15 is 0 Å². The van der Waals surface area contributed by atoms with E-state index in [-0.39, 0.29) is 11.0 Å². The maximum atomic E-state index is 12.4. The van der Waals surface area contributed by atoms with Crippen LogP contribution in [0.2, 0.25) is 0 Å². The van der Waals surface area contributed by atoms with E-state index in [0.717, 1.165) is 50.5 Å². The summed E-state index contributed by atoms with van der Waals surface area (Å²) in [5.41, 5.74) is 0.792. The quantitative estimate of drug-likeness (QED) is 0.845. The van der Waals surface area contributed by atoms with Crippen molar-refractivity contribution >= 4 is 0 Å². The van der Waals surface area contributed by atoms with Gasteiger partial charge in [0, 0.05) is 24.9 Å². The highest BCUT2D eigenvalue weighted by Gasteiger charge is 2.22. The highest BCUT2D eigenvalue weighted by Crippen LogP contribution is 2.21. The van der Waals surface area contributed by atoms with Gasteiger partial charge in [0.25, 0.3) is 5.56 Å². The van der Waals surface area contributed by atoms with Crippen molar-refractivity contribution in [1.82, 2.24) is 24.6 Å². The third-order valence-corrected chi connectivity index (χ3v) is 4.74. The van der Waals surface area contributed by atoms with Crippen LogP contribution in [0.15, 0.2) is 21.7 Å². The molecule has 0 radical (unpaired) electrons. The molecule has 1 saturated heterocycles. The predicted octanol–water partition coefficient (Wildman–Crippen LogP) is 2.14. The van der Waals surface area contributed by atoms with Crippen molar-refractivity contribution in [3.05, 3.63) is 40.2 Å². The Hall–Kier alpha value is -2.02. The maximum Gasteiger partial charge on any atom is 0.253 e. The van der Waals surface area contributed by atoms with E-state index in [0.29, 0.717) is 11.8 Å². The standard InChI is InChI=1S/C18H27N5O2/c1-13-20-16(21-25-13)11-22-7-5-14(6-8-22)10-23-12-19-15(9-17(23)24)18(2,3)4/h9,12,14H,5-8,10-11H2,1-4H3. The maximum absolute atomic E-state index is 12.4. The summed E-state index contributed by atoms with van der Waals surface area (Å²) in [5.74, 6) is 1.85. The van der Waals surface area contributed by atoms with Crippen molar-refractivity contribution in [3.63, 3.8) is 0 Å². The Kier molecular flexibility index (Phi) is 5.03. The number of aryl methyl sites for hydroxylation is 1. The molecule has 0 spiro atoms. The second-order valence-corrected chi connectivity index (χ2v) is 7.96. The fourth-order valence-corrected chi connectivity index (χ4v) is 3.18. The lowest BCUT2D eigenvalue weighted by molar-refractivity contribution is 0.161. The second kappa shape index (κ2) is 7.07. The monoisotopic (exact) mass is 345 g/mol. The van der Waals surface area contributed by atoms with Gasteiger partial charge in [-0.1, -0.05) is 25.9 Å². The number of nitrogens with zero attached hydrogens (tertiary/aromatic N) is 5. The van der Waals surface area contributed by atoms with Crippen LogP contribution in [0, 0.1) is 12.8 Å². The average molecular weight is 345 g/mol. The zero-order chi connectivity index (χ0) is 18.0. The molecule has 1 aliphatic heterocycles. The minimum atomic E-state index is -0.100. The van der Waals surface area contributed by atoms with E-state index in [9.17, 15) is 4.79 Å². The Morgan fingerprint density at radius 2 is 2.00 bits per heavy atom. The molecule has 0 bridgehead atoms. The summed E-state index contributed by atoms with van der Waals surface area (Å²) < 4.78 is 6.77. The molecule has 3 heterocycles. The van der Waals surface area contributed by atoms with Crippen molar-refractivity contribution < 1.29 is 4.52 Å². The van der Waals surface area contributed by atoms with Gasteiger partial charge >= 0.3 is 0 Å². The minimum absolute atomic E-state index is 0.0460. The van der Waals surface area contributed by atoms with Crippen LogP contribution in [0.1, 0.15) is 51.0 Å². The number of rotatable bonds is 4. The van der Waals surface area contributed by atoms with E-state index in [1.807, 2.05) is 0 Å². The van der Waals surface area contributed by atoms with Gasteiger partial charge in [-0.3, -0.25) is 14.3 Å². The molecule has 136 valence electrons. The number of likely N-dealkylation sites (tertiary alicyclic amines) is 1. The topological polar surface area (TPSA) is 77.1 Å². The first kappa shape index (κ1) is 17.8.